The highest BCUT2D eigenvalue weighted by atomic mass is 16.7. The van der Waals surface area contributed by atoms with Crippen LogP contribution in [0.25, 0.3) is 10.4 Å². The maximum atomic E-state index is 14.3. The van der Waals surface area contributed by atoms with Crippen molar-refractivity contribution in [3.63, 3.8) is 0 Å². The lowest BCUT2D eigenvalue weighted by atomic mass is 9.77. The first-order chi connectivity index (χ1) is 25.9. The molecule has 3 heterocycles. The van der Waals surface area contributed by atoms with Crippen LogP contribution in [0.3, 0.4) is 0 Å². The molecule has 0 amide bonds. The summed E-state index contributed by atoms with van der Waals surface area (Å²) in [6.45, 7) is 18.4. The quantitative estimate of drug-likeness (QED) is 0.0926. The number of rotatable bonds is 10. The molecule has 3 aliphatic rings. The van der Waals surface area contributed by atoms with Crippen molar-refractivity contribution in [1.29, 1.82) is 0 Å². The number of hydrogen-bond acceptors (Lipinski definition) is 15. The number of aliphatic hydroxyl groups excluding tert-OH is 3. The van der Waals surface area contributed by atoms with E-state index in [2.05, 4.69) is 10.0 Å². The molecule has 3 rings (SSSR count). The third-order valence-corrected chi connectivity index (χ3v) is 12.7. The lowest BCUT2D eigenvalue weighted by molar-refractivity contribution is -0.318. The van der Waals surface area contributed by atoms with Crippen molar-refractivity contribution in [3.05, 3.63) is 10.4 Å². The van der Waals surface area contributed by atoms with E-state index in [9.17, 15) is 30.3 Å². The predicted octanol–water partition coefficient (Wildman–Crippen LogP) is 2.58. The Morgan fingerprint density at radius 2 is 1.66 bits per heavy atom. The Balaban J connectivity index is 2.17. The van der Waals surface area contributed by atoms with Crippen molar-refractivity contribution in [1.82, 2.24) is 9.80 Å². The molecule has 326 valence electrons. The van der Waals surface area contributed by atoms with E-state index >= 15 is 0 Å². The minimum atomic E-state index is -1.82. The molecule has 0 saturated carbocycles. The van der Waals surface area contributed by atoms with Gasteiger partial charge in [-0.3, -0.25) is 4.79 Å². The summed E-state index contributed by atoms with van der Waals surface area (Å²) in [6.07, 6.45) is -8.99. The summed E-state index contributed by atoms with van der Waals surface area (Å²) in [5, 5.41) is 62.2. The molecule has 56 heavy (non-hydrogen) atoms. The number of nitrogens with zero attached hydrogens (tertiary/aromatic N) is 5. The Morgan fingerprint density at radius 1 is 1.02 bits per heavy atom. The summed E-state index contributed by atoms with van der Waals surface area (Å²) in [5.74, 6) is -2.75. The second-order valence-corrected chi connectivity index (χ2v) is 17.6. The third-order valence-electron chi connectivity index (χ3n) is 12.7. The van der Waals surface area contributed by atoms with Crippen molar-refractivity contribution in [3.8, 4) is 0 Å². The summed E-state index contributed by atoms with van der Waals surface area (Å²) in [6, 6.07) is -0.999. The summed E-state index contributed by atoms with van der Waals surface area (Å²) >= 11 is 0. The van der Waals surface area contributed by atoms with Crippen molar-refractivity contribution >= 4 is 5.97 Å². The van der Waals surface area contributed by atoms with E-state index in [1.54, 1.807) is 48.5 Å². The molecule has 18 atom stereocenters. The molecule has 5 N–H and O–H groups in total. The Bertz CT molecular complexity index is 1310. The number of carbonyl (C=O) groups is 1. The number of likely N-dealkylation sites (N-methyl/N-ethyl adjacent to an activating group) is 2. The van der Waals surface area contributed by atoms with E-state index in [1.807, 2.05) is 37.7 Å². The molecule has 0 aliphatic carbocycles. The van der Waals surface area contributed by atoms with Crippen LogP contribution in [-0.2, 0) is 33.2 Å². The van der Waals surface area contributed by atoms with Crippen LogP contribution in [0.5, 0.6) is 0 Å². The maximum absolute atomic E-state index is 14.3. The molecule has 0 aromatic heterocycles. The van der Waals surface area contributed by atoms with E-state index in [0.717, 1.165) is 0 Å². The lowest BCUT2D eigenvalue weighted by Gasteiger charge is -2.49. The average Bonchev–Trinajstić information content (AvgIpc) is 3.12. The first-order valence-corrected chi connectivity index (χ1v) is 20.2. The zero-order chi connectivity index (χ0) is 42.5. The van der Waals surface area contributed by atoms with Crippen LogP contribution in [0.15, 0.2) is 5.11 Å². The standard InChI is InChI=1S/C39H73N5O12/c1-14-28-39(10,50)32(46)25(6)44(12)20-21(2)18-37(8,49)34(56-36-30(45)27(17-22(3)52-36)43(11)16-15-41-42-40)23(4)31(24(5)35(48)54-28)55-29-19-38(9,51-13)33(47)26(7)53-29/h21-34,36,45-47,49-50H,14-20H2,1-13H3/t21-,22-,23+,24-,25-,26+,27+,28-,29+,30-,31+,32-,33+,34-,36+,37-,38-,39-/m1/s1. The molecular formula is C39H73N5O12. The van der Waals surface area contributed by atoms with Gasteiger partial charge in [-0.2, -0.15) is 0 Å². The summed E-state index contributed by atoms with van der Waals surface area (Å²) in [5.41, 5.74) is 4.32. The first kappa shape index (κ1) is 48.7. The number of methoxy groups -OCH3 is 1. The van der Waals surface area contributed by atoms with Gasteiger partial charge < -0.3 is 63.8 Å². The molecule has 3 fully saturated rings. The zero-order valence-corrected chi connectivity index (χ0v) is 35.9. The number of aliphatic hydroxyl groups is 5. The summed E-state index contributed by atoms with van der Waals surface area (Å²) < 4.78 is 37.7. The van der Waals surface area contributed by atoms with Gasteiger partial charge in [0.2, 0.25) is 0 Å². The molecule has 0 unspecified atom stereocenters. The molecule has 17 heteroatoms. The van der Waals surface area contributed by atoms with Gasteiger partial charge in [0.25, 0.3) is 0 Å². The predicted molar refractivity (Wildman–Crippen MR) is 207 cm³/mol. The minimum Gasteiger partial charge on any atom is -0.459 e. The van der Waals surface area contributed by atoms with Gasteiger partial charge in [0.1, 0.15) is 30.0 Å². The Morgan fingerprint density at radius 3 is 2.25 bits per heavy atom. The summed E-state index contributed by atoms with van der Waals surface area (Å²) in [4.78, 5) is 20.9. The fraction of sp³-hybridized carbons (Fsp3) is 0.974. The Labute approximate surface area is 333 Å². The number of cyclic esters (lactones) is 1. The van der Waals surface area contributed by atoms with Crippen LogP contribution in [0.2, 0.25) is 0 Å². The van der Waals surface area contributed by atoms with Gasteiger partial charge in [-0.25, -0.2) is 0 Å². The monoisotopic (exact) mass is 804 g/mol. The van der Waals surface area contributed by atoms with Crippen LogP contribution in [0.1, 0.15) is 94.9 Å². The van der Waals surface area contributed by atoms with Crippen LogP contribution < -0.4 is 0 Å². The molecule has 3 aliphatic heterocycles. The molecule has 17 nitrogen and oxygen atoms in total. The largest absolute Gasteiger partial charge is 0.459 e. The highest BCUT2D eigenvalue weighted by Crippen LogP contribution is 2.40. The van der Waals surface area contributed by atoms with Crippen LogP contribution in [-0.4, -0.2) is 172 Å². The molecule has 0 aromatic rings. The van der Waals surface area contributed by atoms with E-state index in [1.165, 1.54) is 14.0 Å². The third kappa shape index (κ3) is 11.3. The molecule has 3 saturated heterocycles. The maximum Gasteiger partial charge on any atom is 0.311 e. The smallest absolute Gasteiger partial charge is 0.311 e. The van der Waals surface area contributed by atoms with Crippen LogP contribution in [0, 0.1) is 17.8 Å². The fourth-order valence-electron chi connectivity index (χ4n) is 9.07. The van der Waals surface area contributed by atoms with Crippen LogP contribution in [0.4, 0.5) is 0 Å². The van der Waals surface area contributed by atoms with E-state index in [-0.39, 0.29) is 37.8 Å². The number of esters is 1. The highest BCUT2D eigenvalue weighted by molar-refractivity contribution is 5.73. The van der Waals surface area contributed by atoms with E-state index in [4.69, 9.17) is 34.0 Å². The van der Waals surface area contributed by atoms with Crippen molar-refractivity contribution in [2.45, 2.75) is 185 Å². The number of carbonyl (C=O) groups excluding carboxylic acids is 1. The number of hydrogen-bond donors (Lipinski definition) is 5. The van der Waals surface area contributed by atoms with Gasteiger partial charge in [0.05, 0.1) is 41.5 Å². The first-order valence-electron chi connectivity index (χ1n) is 20.2. The molecule has 0 radical (unpaired) electrons. The molecule has 0 spiro atoms. The molecular weight excluding hydrogens is 730 g/mol. The van der Waals surface area contributed by atoms with Gasteiger partial charge in [0.15, 0.2) is 12.6 Å². The second-order valence-electron chi connectivity index (χ2n) is 17.6. The molecule has 0 aromatic carbocycles. The number of azide groups is 1. The summed E-state index contributed by atoms with van der Waals surface area (Å²) in [7, 11) is 5.14. The van der Waals surface area contributed by atoms with Crippen molar-refractivity contribution in [2.75, 3.05) is 40.8 Å². The van der Waals surface area contributed by atoms with Gasteiger partial charge in [-0.05, 0) is 93.3 Å². The number of ether oxygens (including phenoxy) is 6. The van der Waals surface area contributed by atoms with Gasteiger partial charge in [-0.1, -0.05) is 25.9 Å². The van der Waals surface area contributed by atoms with Crippen molar-refractivity contribution in [2.24, 2.45) is 22.9 Å². The lowest BCUT2D eigenvalue weighted by Crippen LogP contribution is -2.61. The SMILES string of the molecule is CC[C@H]1OC(=O)[C@H](C)[C@@H](O[C@H]2C[C@@](C)(OC)[C@@H](O)[C@H](C)O2)[C@H](C)[C@@H](O[C@@H]2O[C@H](C)C[C@H](N(C)CCN=[N+]=[N-])[C@H]2O)[C@](C)(O)C[C@@H](C)CN(C)[C@H](C)[C@@H](O)[C@]1(C)O. The average molecular weight is 804 g/mol. The highest BCUT2D eigenvalue weighted by Gasteiger charge is 2.52. The Hall–Kier alpha value is -1.70. The minimum absolute atomic E-state index is 0.105. The normalized spacial score (nSPS) is 46.7. The van der Waals surface area contributed by atoms with Gasteiger partial charge in [0, 0.05) is 56.1 Å². The van der Waals surface area contributed by atoms with E-state index in [0.29, 0.717) is 19.5 Å². The fourth-order valence-corrected chi connectivity index (χ4v) is 9.07. The van der Waals surface area contributed by atoms with E-state index < -0.39 is 102 Å². The topological polar surface area (TPSA) is 229 Å². The van der Waals surface area contributed by atoms with Crippen LogP contribution >= 0.6 is 0 Å². The van der Waals surface area contributed by atoms with Gasteiger partial charge in [-0.15, -0.1) is 0 Å². The second kappa shape index (κ2) is 20.0. The zero-order valence-electron chi connectivity index (χ0n) is 35.9. The molecule has 0 bridgehead atoms. The Kier molecular flexibility index (Phi) is 17.4. The van der Waals surface area contributed by atoms with Gasteiger partial charge >= 0.3 is 5.97 Å². The van der Waals surface area contributed by atoms with Crippen molar-refractivity contribution < 1.29 is 58.7 Å².